The molecule has 3 rings (SSSR count). The van der Waals surface area contributed by atoms with Crippen LogP contribution < -0.4 is 10.1 Å². The number of alkyl halides is 2. The first kappa shape index (κ1) is 15.9. The van der Waals surface area contributed by atoms with E-state index < -0.39 is 18.2 Å². The fourth-order valence-electron chi connectivity index (χ4n) is 1.96. The zero-order valence-corrected chi connectivity index (χ0v) is 12.0. The summed E-state index contributed by atoms with van der Waals surface area (Å²) >= 11 is 0. The van der Waals surface area contributed by atoms with Gasteiger partial charge in [-0.25, -0.2) is 13.8 Å². The topological polar surface area (TPSA) is 59.9 Å². The van der Waals surface area contributed by atoms with Gasteiger partial charge in [-0.3, -0.25) is 9.97 Å². The molecule has 5 nitrogen and oxygen atoms in total. The number of hydrogen-bond acceptors (Lipinski definition) is 5. The van der Waals surface area contributed by atoms with Crippen molar-refractivity contribution in [3.8, 4) is 5.75 Å². The molecule has 0 spiro atoms. The van der Waals surface area contributed by atoms with Crippen LogP contribution in [0.25, 0.3) is 11.0 Å². The Kier molecular flexibility index (Phi) is 4.41. The van der Waals surface area contributed by atoms with E-state index in [1.807, 2.05) is 0 Å². The summed E-state index contributed by atoms with van der Waals surface area (Å²) in [5.41, 5.74) is 0.974. The second-order valence-electron chi connectivity index (χ2n) is 4.73. The molecule has 1 N–H and O–H groups in total. The molecular formula is C15H10F4N4O. The van der Waals surface area contributed by atoms with Crippen molar-refractivity contribution in [2.75, 3.05) is 5.32 Å². The highest BCUT2D eigenvalue weighted by Gasteiger charge is 2.08. The molecule has 0 bridgehead atoms. The van der Waals surface area contributed by atoms with Crippen molar-refractivity contribution in [3.63, 3.8) is 0 Å². The highest BCUT2D eigenvalue weighted by Crippen LogP contribution is 2.17. The Morgan fingerprint density at radius 1 is 1.00 bits per heavy atom. The Balaban J connectivity index is 1.70. The molecule has 0 radical (unpaired) electrons. The van der Waals surface area contributed by atoms with Gasteiger partial charge < -0.3 is 10.1 Å². The van der Waals surface area contributed by atoms with Gasteiger partial charge in [0.1, 0.15) is 11.6 Å². The second-order valence-corrected chi connectivity index (χ2v) is 4.73. The first-order valence-corrected chi connectivity index (χ1v) is 6.76. The SMILES string of the molecule is Fc1cc2ncc(NCc3ccc(OC(F)F)cn3)nc2cc1F. The predicted octanol–water partition coefficient (Wildman–Crippen LogP) is 3.52. The molecular weight excluding hydrogens is 328 g/mol. The fourth-order valence-corrected chi connectivity index (χ4v) is 1.96. The summed E-state index contributed by atoms with van der Waals surface area (Å²) < 4.78 is 54.6. The number of benzene rings is 1. The largest absolute Gasteiger partial charge is 0.433 e. The summed E-state index contributed by atoms with van der Waals surface area (Å²) in [6.07, 6.45) is 2.54. The highest BCUT2D eigenvalue weighted by molar-refractivity contribution is 5.75. The van der Waals surface area contributed by atoms with Crippen LogP contribution in [0.2, 0.25) is 0 Å². The summed E-state index contributed by atoms with van der Waals surface area (Å²) in [5, 5.41) is 2.91. The Labute approximate surface area is 133 Å². The van der Waals surface area contributed by atoms with Crippen LogP contribution in [0.1, 0.15) is 5.69 Å². The first-order valence-electron chi connectivity index (χ1n) is 6.76. The van der Waals surface area contributed by atoms with E-state index in [0.29, 0.717) is 11.5 Å². The number of fused-ring (bicyclic) bond motifs is 1. The summed E-state index contributed by atoms with van der Waals surface area (Å²) in [5.74, 6) is -1.71. The number of ether oxygens (including phenoxy) is 1. The van der Waals surface area contributed by atoms with Gasteiger partial charge in [-0.15, -0.1) is 0 Å². The number of rotatable bonds is 5. The first-order chi connectivity index (χ1) is 11.5. The van der Waals surface area contributed by atoms with Crippen LogP contribution in [-0.4, -0.2) is 21.6 Å². The summed E-state index contributed by atoms with van der Waals surface area (Å²) in [6, 6.07) is 4.79. The van der Waals surface area contributed by atoms with Gasteiger partial charge in [0.15, 0.2) is 11.6 Å². The van der Waals surface area contributed by atoms with Crippen molar-refractivity contribution in [3.05, 3.63) is 54.0 Å². The van der Waals surface area contributed by atoms with E-state index in [9.17, 15) is 17.6 Å². The van der Waals surface area contributed by atoms with E-state index >= 15 is 0 Å². The van der Waals surface area contributed by atoms with Crippen LogP contribution in [0, 0.1) is 11.6 Å². The van der Waals surface area contributed by atoms with Gasteiger partial charge in [-0.2, -0.15) is 8.78 Å². The van der Waals surface area contributed by atoms with Crippen LogP contribution in [0.4, 0.5) is 23.4 Å². The van der Waals surface area contributed by atoms with Gasteiger partial charge in [0.05, 0.1) is 35.7 Å². The average Bonchev–Trinajstić information content (AvgIpc) is 2.55. The lowest BCUT2D eigenvalue weighted by Gasteiger charge is -2.07. The van der Waals surface area contributed by atoms with Gasteiger partial charge in [0, 0.05) is 12.1 Å². The van der Waals surface area contributed by atoms with E-state index in [1.165, 1.54) is 24.5 Å². The number of halogens is 4. The maximum atomic E-state index is 13.2. The average molecular weight is 338 g/mol. The molecule has 2 aromatic heterocycles. The lowest BCUT2D eigenvalue weighted by molar-refractivity contribution is -0.0500. The monoisotopic (exact) mass is 338 g/mol. The zero-order chi connectivity index (χ0) is 17.1. The molecule has 124 valence electrons. The van der Waals surface area contributed by atoms with Crippen molar-refractivity contribution in [1.82, 2.24) is 15.0 Å². The van der Waals surface area contributed by atoms with Gasteiger partial charge in [0.2, 0.25) is 0 Å². The molecule has 0 aliphatic carbocycles. The van der Waals surface area contributed by atoms with Gasteiger partial charge in [-0.05, 0) is 12.1 Å². The Bertz CT molecular complexity index is 858. The number of aromatic nitrogens is 3. The summed E-state index contributed by atoms with van der Waals surface area (Å²) in [7, 11) is 0. The van der Waals surface area contributed by atoms with Crippen molar-refractivity contribution in [2.24, 2.45) is 0 Å². The quantitative estimate of drug-likeness (QED) is 0.722. The van der Waals surface area contributed by atoms with E-state index in [0.717, 1.165) is 12.1 Å². The summed E-state index contributed by atoms with van der Waals surface area (Å²) in [6.45, 7) is -2.67. The summed E-state index contributed by atoms with van der Waals surface area (Å²) in [4.78, 5) is 12.1. The number of hydrogen-bond donors (Lipinski definition) is 1. The minimum absolute atomic E-state index is 0.0447. The molecule has 0 aliphatic heterocycles. The number of nitrogens with one attached hydrogen (secondary N) is 1. The molecule has 0 fully saturated rings. The third kappa shape index (κ3) is 3.67. The Morgan fingerprint density at radius 2 is 1.75 bits per heavy atom. The maximum Gasteiger partial charge on any atom is 0.387 e. The van der Waals surface area contributed by atoms with Crippen molar-refractivity contribution < 1.29 is 22.3 Å². The van der Waals surface area contributed by atoms with Crippen LogP contribution in [0.3, 0.4) is 0 Å². The molecule has 0 amide bonds. The maximum absolute atomic E-state index is 13.2. The van der Waals surface area contributed by atoms with Crippen LogP contribution >= 0.6 is 0 Å². The number of pyridine rings is 1. The second kappa shape index (κ2) is 6.65. The molecule has 1 aromatic carbocycles. The molecule has 0 atom stereocenters. The third-order valence-corrected chi connectivity index (χ3v) is 3.06. The lowest BCUT2D eigenvalue weighted by Crippen LogP contribution is -2.05. The fraction of sp³-hybridized carbons (Fsp3) is 0.133. The third-order valence-electron chi connectivity index (χ3n) is 3.06. The van der Waals surface area contributed by atoms with Crippen LogP contribution in [-0.2, 0) is 6.54 Å². The number of anilines is 1. The predicted molar refractivity (Wildman–Crippen MR) is 77.6 cm³/mol. The minimum Gasteiger partial charge on any atom is -0.433 e. The van der Waals surface area contributed by atoms with Crippen molar-refractivity contribution in [1.29, 1.82) is 0 Å². The lowest BCUT2D eigenvalue weighted by atomic mass is 10.3. The normalized spacial score (nSPS) is 11.0. The molecule has 2 heterocycles. The van der Waals surface area contributed by atoms with Crippen molar-refractivity contribution >= 4 is 16.9 Å². The van der Waals surface area contributed by atoms with E-state index in [4.69, 9.17) is 0 Å². The smallest absolute Gasteiger partial charge is 0.387 e. The van der Waals surface area contributed by atoms with E-state index in [1.54, 1.807) is 0 Å². The van der Waals surface area contributed by atoms with Gasteiger partial charge >= 0.3 is 6.61 Å². The minimum atomic E-state index is -2.91. The zero-order valence-electron chi connectivity index (χ0n) is 12.0. The van der Waals surface area contributed by atoms with Gasteiger partial charge in [0.25, 0.3) is 0 Å². The molecule has 24 heavy (non-hydrogen) atoms. The molecule has 3 aromatic rings. The Morgan fingerprint density at radius 3 is 2.42 bits per heavy atom. The van der Waals surface area contributed by atoms with Gasteiger partial charge in [-0.1, -0.05) is 0 Å². The molecule has 0 saturated heterocycles. The number of nitrogens with zero attached hydrogens (tertiary/aromatic N) is 3. The van der Waals surface area contributed by atoms with Crippen LogP contribution in [0.5, 0.6) is 5.75 Å². The molecule has 0 saturated carbocycles. The highest BCUT2D eigenvalue weighted by atomic mass is 19.3. The van der Waals surface area contributed by atoms with Crippen molar-refractivity contribution in [2.45, 2.75) is 13.2 Å². The molecule has 0 unspecified atom stereocenters. The standard InChI is InChI=1S/C15H10F4N4O/c16-10-3-12-13(4-11(10)17)23-14(7-21-12)22-5-8-1-2-9(6-20-8)24-15(18)19/h1-4,6-7,15H,5H2,(H,22,23). The molecule has 9 heteroatoms. The van der Waals surface area contributed by atoms with E-state index in [2.05, 4.69) is 25.0 Å². The van der Waals surface area contributed by atoms with Crippen LogP contribution in [0.15, 0.2) is 36.7 Å². The molecule has 0 aliphatic rings. The Hall–Kier alpha value is -2.97. The van der Waals surface area contributed by atoms with E-state index in [-0.39, 0.29) is 23.3 Å².